The van der Waals surface area contributed by atoms with Crippen LogP contribution in [0.15, 0.2) is 48.5 Å². The number of aryl methyl sites for hydroxylation is 1. The number of rotatable bonds is 6. The molecule has 1 aliphatic heterocycles. The number of benzene rings is 2. The van der Waals surface area contributed by atoms with Crippen molar-refractivity contribution in [1.29, 1.82) is 5.41 Å². The quantitative estimate of drug-likeness (QED) is 0.511. The minimum atomic E-state index is 0. The van der Waals surface area contributed by atoms with Crippen LogP contribution in [-0.4, -0.2) is 34.8 Å². The molecule has 4 N–H and O–H groups in total. The fourth-order valence-electron chi connectivity index (χ4n) is 3.66. The van der Waals surface area contributed by atoms with E-state index in [1.807, 2.05) is 41.3 Å². The fraction of sp³-hybridized carbons (Fsp3) is 0.364. The Morgan fingerprint density at radius 3 is 2.39 bits per heavy atom. The van der Waals surface area contributed by atoms with E-state index in [-0.39, 0.29) is 24.1 Å². The Morgan fingerprint density at radius 2 is 1.79 bits per heavy atom. The number of nitrogens with one attached hydrogen (secondary N) is 1. The number of amides is 1. The summed E-state index contributed by atoms with van der Waals surface area (Å²) >= 11 is 0. The van der Waals surface area contributed by atoms with Gasteiger partial charge in [-0.2, -0.15) is 0 Å². The van der Waals surface area contributed by atoms with Crippen molar-refractivity contribution in [3.05, 3.63) is 65.2 Å². The number of carbonyl (C=O) groups excluding carboxylic acids is 1. The van der Waals surface area contributed by atoms with Gasteiger partial charge in [-0.05, 0) is 54.9 Å². The maximum Gasteiger partial charge on any atom is 0.222 e. The van der Waals surface area contributed by atoms with Crippen molar-refractivity contribution in [2.75, 3.05) is 13.1 Å². The minimum absolute atomic E-state index is 0. The van der Waals surface area contributed by atoms with E-state index in [2.05, 4.69) is 6.07 Å². The van der Waals surface area contributed by atoms with Gasteiger partial charge in [0.2, 0.25) is 5.91 Å². The van der Waals surface area contributed by atoms with Crippen molar-refractivity contribution in [1.82, 2.24) is 4.90 Å². The van der Waals surface area contributed by atoms with Gasteiger partial charge in [0.1, 0.15) is 11.6 Å². The summed E-state index contributed by atoms with van der Waals surface area (Å²) < 4.78 is 0. The third kappa shape index (κ3) is 5.99. The monoisotopic (exact) mass is 401 g/mol. The summed E-state index contributed by atoms with van der Waals surface area (Å²) in [5.41, 5.74) is 8.42. The maximum absolute atomic E-state index is 12.5. The van der Waals surface area contributed by atoms with Gasteiger partial charge in [-0.15, -0.1) is 12.4 Å². The molecule has 0 bridgehead atoms. The molecule has 0 aliphatic carbocycles. The van der Waals surface area contributed by atoms with Gasteiger partial charge in [0, 0.05) is 25.1 Å². The number of piperidine rings is 1. The minimum Gasteiger partial charge on any atom is -0.508 e. The number of aromatic hydroxyl groups is 1. The van der Waals surface area contributed by atoms with Crippen LogP contribution in [0.2, 0.25) is 0 Å². The van der Waals surface area contributed by atoms with E-state index in [4.69, 9.17) is 11.1 Å². The summed E-state index contributed by atoms with van der Waals surface area (Å²) in [5, 5.41) is 17.0. The van der Waals surface area contributed by atoms with Gasteiger partial charge in [-0.25, -0.2) is 0 Å². The topological polar surface area (TPSA) is 90.4 Å². The van der Waals surface area contributed by atoms with Crippen molar-refractivity contribution in [3.8, 4) is 5.75 Å². The Bertz CT molecular complexity index is 800. The summed E-state index contributed by atoms with van der Waals surface area (Å²) in [4.78, 5) is 14.5. The molecule has 150 valence electrons. The third-order valence-electron chi connectivity index (χ3n) is 5.29. The van der Waals surface area contributed by atoms with Crippen LogP contribution in [0.4, 0.5) is 0 Å². The number of phenolic OH excluding ortho intramolecular Hbond substituents is 1. The van der Waals surface area contributed by atoms with Crippen molar-refractivity contribution >= 4 is 24.1 Å². The van der Waals surface area contributed by atoms with Gasteiger partial charge in [0.05, 0.1) is 0 Å². The Hall–Kier alpha value is -2.53. The fourth-order valence-corrected chi connectivity index (χ4v) is 3.66. The highest BCUT2D eigenvalue weighted by Crippen LogP contribution is 2.24. The van der Waals surface area contributed by atoms with Crippen molar-refractivity contribution < 1.29 is 9.90 Å². The highest BCUT2D eigenvalue weighted by atomic mass is 35.5. The molecule has 0 spiro atoms. The number of hydrogen-bond donors (Lipinski definition) is 3. The lowest BCUT2D eigenvalue weighted by Gasteiger charge is -2.32. The predicted molar refractivity (Wildman–Crippen MR) is 114 cm³/mol. The lowest BCUT2D eigenvalue weighted by molar-refractivity contribution is -0.132. The second-order valence-electron chi connectivity index (χ2n) is 7.31. The molecule has 0 aromatic heterocycles. The zero-order valence-corrected chi connectivity index (χ0v) is 16.8. The molecule has 28 heavy (non-hydrogen) atoms. The molecule has 0 radical (unpaired) electrons. The number of nitrogens with two attached hydrogens (primary N) is 1. The van der Waals surface area contributed by atoms with E-state index in [1.54, 1.807) is 6.07 Å². The number of hydrogen-bond acceptors (Lipinski definition) is 3. The molecule has 6 heteroatoms. The molecule has 3 rings (SSSR count). The average Bonchev–Trinajstić information content (AvgIpc) is 2.67. The molecule has 1 fully saturated rings. The summed E-state index contributed by atoms with van der Waals surface area (Å²) in [6.45, 7) is 1.62. The van der Waals surface area contributed by atoms with E-state index in [1.165, 1.54) is 0 Å². The van der Waals surface area contributed by atoms with Crippen LogP contribution in [0.3, 0.4) is 0 Å². The maximum atomic E-state index is 12.5. The van der Waals surface area contributed by atoms with Gasteiger partial charge >= 0.3 is 0 Å². The van der Waals surface area contributed by atoms with Crippen molar-refractivity contribution in [3.63, 3.8) is 0 Å². The molecular weight excluding hydrogens is 374 g/mol. The number of phenols is 1. The first kappa shape index (κ1) is 21.8. The Balaban J connectivity index is 0.00000280. The summed E-state index contributed by atoms with van der Waals surface area (Å²) in [6.07, 6.45) is 4.19. The van der Waals surface area contributed by atoms with Crippen LogP contribution < -0.4 is 5.73 Å². The van der Waals surface area contributed by atoms with Gasteiger partial charge < -0.3 is 15.7 Å². The Labute approximate surface area is 172 Å². The largest absolute Gasteiger partial charge is 0.508 e. The number of likely N-dealkylation sites (tertiary alicyclic amines) is 1. The summed E-state index contributed by atoms with van der Waals surface area (Å²) in [6, 6.07) is 15.0. The van der Waals surface area contributed by atoms with E-state index >= 15 is 0 Å². The molecule has 1 aliphatic rings. The predicted octanol–water partition coefficient (Wildman–Crippen LogP) is 3.51. The number of nitrogen functional groups attached to an aromatic ring is 1. The Morgan fingerprint density at radius 1 is 1.11 bits per heavy atom. The molecule has 1 amide bonds. The molecule has 1 heterocycles. The van der Waals surface area contributed by atoms with Crippen LogP contribution in [0, 0.1) is 11.3 Å². The molecule has 5 nitrogen and oxygen atoms in total. The standard InChI is InChI=1S/C22H27N3O2.ClH/c23-22(24)19-7-4-16(5-8-19)6-9-21(27)25-12-10-17(11-13-25)14-18-2-1-3-20(26)15-18;/h1-5,7-8,15,17,26H,6,9-14H2,(H3,23,24);1H. The van der Waals surface area contributed by atoms with E-state index in [9.17, 15) is 9.90 Å². The van der Waals surface area contributed by atoms with Gasteiger partial charge in [0.25, 0.3) is 0 Å². The molecule has 2 aromatic carbocycles. The van der Waals surface area contributed by atoms with E-state index in [0.29, 0.717) is 30.1 Å². The van der Waals surface area contributed by atoms with Crippen LogP contribution in [0.25, 0.3) is 0 Å². The van der Waals surface area contributed by atoms with Crippen molar-refractivity contribution in [2.24, 2.45) is 11.7 Å². The number of carbonyl (C=O) groups is 1. The third-order valence-corrected chi connectivity index (χ3v) is 5.29. The highest BCUT2D eigenvalue weighted by molar-refractivity contribution is 5.94. The highest BCUT2D eigenvalue weighted by Gasteiger charge is 2.22. The van der Waals surface area contributed by atoms with Crippen LogP contribution in [0.5, 0.6) is 5.75 Å². The smallest absolute Gasteiger partial charge is 0.222 e. The lowest BCUT2D eigenvalue weighted by atomic mass is 9.90. The number of amidine groups is 1. The normalized spacial score (nSPS) is 14.4. The van der Waals surface area contributed by atoms with Crippen molar-refractivity contribution in [2.45, 2.75) is 32.1 Å². The van der Waals surface area contributed by atoms with Crippen LogP contribution >= 0.6 is 12.4 Å². The Kier molecular flexibility index (Phi) is 7.88. The van der Waals surface area contributed by atoms with Crippen LogP contribution in [0.1, 0.15) is 36.0 Å². The first-order valence-electron chi connectivity index (χ1n) is 9.50. The molecule has 0 unspecified atom stereocenters. The second kappa shape index (κ2) is 10.1. The van der Waals surface area contributed by atoms with Gasteiger partial charge in [-0.1, -0.05) is 36.4 Å². The molecular formula is C22H28ClN3O2. The lowest BCUT2D eigenvalue weighted by Crippen LogP contribution is -2.39. The van der Waals surface area contributed by atoms with E-state index < -0.39 is 0 Å². The molecule has 1 saturated heterocycles. The number of halogens is 1. The molecule has 0 atom stereocenters. The first-order chi connectivity index (χ1) is 13.0. The zero-order chi connectivity index (χ0) is 19.2. The van der Waals surface area contributed by atoms with Gasteiger partial charge in [0.15, 0.2) is 0 Å². The summed E-state index contributed by atoms with van der Waals surface area (Å²) in [7, 11) is 0. The number of nitrogens with zero attached hydrogens (tertiary/aromatic N) is 1. The summed E-state index contributed by atoms with van der Waals surface area (Å²) in [5.74, 6) is 1.15. The second-order valence-corrected chi connectivity index (χ2v) is 7.31. The van der Waals surface area contributed by atoms with E-state index in [0.717, 1.165) is 43.5 Å². The first-order valence-corrected chi connectivity index (χ1v) is 9.50. The average molecular weight is 402 g/mol. The van der Waals surface area contributed by atoms with Gasteiger partial charge in [-0.3, -0.25) is 10.2 Å². The molecule has 0 saturated carbocycles. The molecule has 2 aromatic rings. The SMILES string of the molecule is Cl.N=C(N)c1ccc(CCC(=O)N2CCC(Cc3cccc(O)c3)CC2)cc1. The zero-order valence-electron chi connectivity index (χ0n) is 15.9. The van der Waals surface area contributed by atoms with Crippen LogP contribution in [-0.2, 0) is 17.6 Å².